The molecular formula is C13H17N3O3. The lowest BCUT2D eigenvalue weighted by atomic mass is 10.2. The van der Waals surface area contributed by atoms with Gasteiger partial charge in [-0.25, -0.2) is 5.84 Å². The van der Waals surface area contributed by atoms with Crippen LogP contribution in [0.4, 0.5) is 0 Å². The number of hydrogen-bond donors (Lipinski definition) is 2. The van der Waals surface area contributed by atoms with Crippen molar-refractivity contribution >= 4 is 5.91 Å². The lowest BCUT2D eigenvalue weighted by Gasteiger charge is -2.15. The molecule has 0 spiro atoms. The number of nitrogen functional groups attached to an aromatic ring is 1. The number of aryl methyl sites for hydroxylation is 1. The van der Waals surface area contributed by atoms with E-state index >= 15 is 0 Å². The maximum Gasteiger partial charge on any atom is 0.301 e. The molecule has 2 aromatic heterocycles. The molecule has 0 aliphatic rings. The number of amides is 1. The summed E-state index contributed by atoms with van der Waals surface area (Å²) >= 11 is 0. The molecule has 0 fully saturated rings. The third-order valence-corrected chi connectivity index (χ3v) is 2.93. The van der Waals surface area contributed by atoms with E-state index in [4.69, 9.17) is 14.7 Å². The second kappa shape index (κ2) is 5.73. The average molecular weight is 263 g/mol. The van der Waals surface area contributed by atoms with Gasteiger partial charge in [0.2, 0.25) is 0 Å². The normalized spacial score (nSPS) is 10.9. The van der Waals surface area contributed by atoms with Gasteiger partial charge in [-0.3, -0.25) is 15.1 Å². The van der Waals surface area contributed by atoms with Crippen molar-refractivity contribution in [1.29, 1.82) is 0 Å². The summed E-state index contributed by atoms with van der Waals surface area (Å²) in [5, 5.41) is 0. The largest absolute Gasteiger partial charge is 0.469 e. The number of hydrazine groups is 1. The van der Waals surface area contributed by atoms with E-state index < -0.39 is 5.91 Å². The highest BCUT2D eigenvalue weighted by molar-refractivity contribution is 5.92. The van der Waals surface area contributed by atoms with Crippen molar-refractivity contribution in [1.82, 2.24) is 10.3 Å². The van der Waals surface area contributed by atoms with Gasteiger partial charge in [0.25, 0.3) is 0 Å². The van der Waals surface area contributed by atoms with Gasteiger partial charge in [0, 0.05) is 24.2 Å². The Kier molecular flexibility index (Phi) is 4.03. The van der Waals surface area contributed by atoms with Crippen LogP contribution >= 0.6 is 0 Å². The van der Waals surface area contributed by atoms with Crippen molar-refractivity contribution in [3.8, 4) is 0 Å². The predicted molar refractivity (Wildman–Crippen MR) is 69.0 cm³/mol. The van der Waals surface area contributed by atoms with E-state index in [0.29, 0.717) is 6.54 Å². The number of carbonyl (C=O) groups excluding carboxylic acids is 1. The van der Waals surface area contributed by atoms with Crippen molar-refractivity contribution in [2.24, 2.45) is 5.84 Å². The fraction of sp³-hybridized carbons (Fsp3) is 0.308. The number of nitrogens with zero attached hydrogens (tertiary/aromatic N) is 1. The summed E-state index contributed by atoms with van der Waals surface area (Å²) in [6.07, 6.45) is 3.15. The van der Waals surface area contributed by atoms with Crippen molar-refractivity contribution in [3.63, 3.8) is 0 Å². The van der Waals surface area contributed by atoms with Crippen molar-refractivity contribution in [2.75, 3.05) is 7.05 Å². The second-order valence-corrected chi connectivity index (χ2v) is 4.42. The van der Waals surface area contributed by atoms with Gasteiger partial charge < -0.3 is 8.83 Å². The molecule has 0 aliphatic carbocycles. The molecule has 0 saturated carbocycles. The van der Waals surface area contributed by atoms with Gasteiger partial charge in [0.1, 0.15) is 5.76 Å². The number of nitrogens with one attached hydrogen (secondary N) is 1. The van der Waals surface area contributed by atoms with Crippen LogP contribution in [0.1, 0.15) is 27.4 Å². The smallest absolute Gasteiger partial charge is 0.301 e. The number of carbonyl (C=O) groups is 1. The van der Waals surface area contributed by atoms with E-state index in [2.05, 4.69) is 10.3 Å². The third-order valence-electron chi connectivity index (χ3n) is 2.93. The molecule has 0 aromatic carbocycles. The first-order valence-electron chi connectivity index (χ1n) is 5.90. The van der Waals surface area contributed by atoms with Gasteiger partial charge >= 0.3 is 5.91 Å². The molecule has 6 heteroatoms. The number of hydrogen-bond acceptors (Lipinski definition) is 5. The molecule has 2 aromatic rings. The van der Waals surface area contributed by atoms with E-state index in [1.165, 1.54) is 6.26 Å². The van der Waals surface area contributed by atoms with Crippen molar-refractivity contribution in [3.05, 3.63) is 47.3 Å². The van der Waals surface area contributed by atoms with Crippen LogP contribution in [0, 0.1) is 6.92 Å². The molecule has 0 bridgehead atoms. The monoisotopic (exact) mass is 263 g/mol. The number of rotatable bonds is 5. The zero-order chi connectivity index (χ0) is 13.8. The molecule has 2 rings (SSSR count). The maximum atomic E-state index is 11.5. The van der Waals surface area contributed by atoms with E-state index in [1.807, 2.05) is 20.0 Å². The quantitative estimate of drug-likeness (QED) is 0.484. The molecule has 0 unspecified atom stereocenters. The lowest BCUT2D eigenvalue weighted by molar-refractivity contribution is 0.0923. The molecule has 6 nitrogen and oxygen atoms in total. The van der Waals surface area contributed by atoms with E-state index in [-0.39, 0.29) is 5.76 Å². The van der Waals surface area contributed by atoms with Crippen molar-refractivity contribution < 1.29 is 13.6 Å². The molecule has 2 heterocycles. The van der Waals surface area contributed by atoms with Crippen molar-refractivity contribution in [2.45, 2.75) is 20.0 Å². The SMILES string of the molecule is Cc1occc1CN(C)Cc1ccoc1C(=O)NN. The summed E-state index contributed by atoms with van der Waals surface area (Å²) in [7, 11) is 1.96. The first kappa shape index (κ1) is 13.4. The van der Waals surface area contributed by atoms with Crippen LogP contribution in [0.15, 0.2) is 33.5 Å². The van der Waals surface area contributed by atoms with Crippen LogP contribution in [-0.2, 0) is 13.1 Å². The molecular weight excluding hydrogens is 246 g/mol. The van der Waals surface area contributed by atoms with Crippen LogP contribution in [0.5, 0.6) is 0 Å². The zero-order valence-corrected chi connectivity index (χ0v) is 11.0. The van der Waals surface area contributed by atoms with Gasteiger partial charge in [0.15, 0.2) is 5.76 Å². The minimum atomic E-state index is -0.423. The molecule has 102 valence electrons. The Morgan fingerprint density at radius 2 is 1.89 bits per heavy atom. The highest BCUT2D eigenvalue weighted by atomic mass is 16.3. The molecule has 0 aliphatic heterocycles. The number of furan rings is 2. The maximum absolute atomic E-state index is 11.5. The molecule has 19 heavy (non-hydrogen) atoms. The molecule has 0 atom stereocenters. The average Bonchev–Trinajstić information content (AvgIpc) is 2.99. The van der Waals surface area contributed by atoms with Gasteiger partial charge in [-0.15, -0.1) is 0 Å². The van der Waals surface area contributed by atoms with Gasteiger partial charge in [-0.2, -0.15) is 0 Å². The third kappa shape index (κ3) is 3.04. The fourth-order valence-corrected chi connectivity index (χ4v) is 1.94. The first-order chi connectivity index (χ1) is 9.11. The van der Waals surface area contributed by atoms with Gasteiger partial charge in [-0.1, -0.05) is 0 Å². The van der Waals surface area contributed by atoms with E-state index in [0.717, 1.165) is 23.4 Å². The highest BCUT2D eigenvalue weighted by Gasteiger charge is 2.16. The molecule has 0 saturated heterocycles. The minimum absolute atomic E-state index is 0.248. The van der Waals surface area contributed by atoms with E-state index in [9.17, 15) is 4.79 Å². The minimum Gasteiger partial charge on any atom is -0.469 e. The fourth-order valence-electron chi connectivity index (χ4n) is 1.94. The second-order valence-electron chi connectivity index (χ2n) is 4.42. The predicted octanol–water partition coefficient (Wildman–Crippen LogP) is 1.42. The van der Waals surface area contributed by atoms with E-state index in [1.54, 1.807) is 12.3 Å². The van der Waals surface area contributed by atoms with Gasteiger partial charge in [-0.05, 0) is 26.1 Å². The summed E-state index contributed by atoms with van der Waals surface area (Å²) in [5.74, 6) is 5.83. The summed E-state index contributed by atoms with van der Waals surface area (Å²) < 4.78 is 10.4. The molecule has 1 amide bonds. The Hall–Kier alpha value is -2.05. The van der Waals surface area contributed by atoms with Crippen LogP contribution in [0.2, 0.25) is 0 Å². The topological polar surface area (TPSA) is 84.6 Å². The Labute approximate surface area is 111 Å². The number of nitrogens with two attached hydrogens (primary N) is 1. The van der Waals surface area contributed by atoms with Crippen LogP contribution in [-0.4, -0.2) is 17.9 Å². The lowest BCUT2D eigenvalue weighted by Crippen LogP contribution is -2.31. The van der Waals surface area contributed by atoms with Gasteiger partial charge in [0.05, 0.1) is 12.5 Å². The zero-order valence-electron chi connectivity index (χ0n) is 11.0. The Morgan fingerprint density at radius 1 is 1.26 bits per heavy atom. The summed E-state index contributed by atoms with van der Waals surface area (Å²) in [6.45, 7) is 3.25. The van der Waals surface area contributed by atoms with Crippen LogP contribution in [0.25, 0.3) is 0 Å². The summed E-state index contributed by atoms with van der Waals surface area (Å²) in [5.41, 5.74) is 3.99. The summed E-state index contributed by atoms with van der Waals surface area (Å²) in [4.78, 5) is 13.6. The highest BCUT2D eigenvalue weighted by Crippen LogP contribution is 2.16. The Balaban J connectivity index is 2.03. The molecule has 3 N–H and O–H groups in total. The summed E-state index contributed by atoms with van der Waals surface area (Å²) in [6, 6.07) is 3.71. The first-order valence-corrected chi connectivity index (χ1v) is 5.90. The Morgan fingerprint density at radius 3 is 2.53 bits per heavy atom. The van der Waals surface area contributed by atoms with Crippen LogP contribution in [0.3, 0.4) is 0 Å². The molecule has 0 radical (unpaired) electrons. The standard InChI is InChI=1S/C13H17N3O3/c1-9-10(3-5-18-9)7-16(2)8-11-4-6-19-12(11)13(17)15-14/h3-6H,7-8,14H2,1-2H3,(H,15,17). The van der Waals surface area contributed by atoms with Crippen LogP contribution < -0.4 is 11.3 Å². The Bertz CT molecular complexity index is 559.